The van der Waals surface area contributed by atoms with E-state index in [1.165, 1.54) is 0 Å². The van der Waals surface area contributed by atoms with Gasteiger partial charge in [0.05, 0.1) is 21.8 Å². The molecule has 23 heavy (non-hydrogen) atoms. The quantitative estimate of drug-likeness (QED) is 0.726. The Kier molecular flexibility index (Phi) is 4.05. The SMILES string of the molecule is CCc1cc(Cl)c2c(C(=O)O)cc(-c3ccc(C)cc3)nc2c1. The highest BCUT2D eigenvalue weighted by Crippen LogP contribution is 2.31. The fourth-order valence-corrected chi connectivity index (χ4v) is 2.96. The van der Waals surface area contributed by atoms with Crippen LogP contribution in [-0.2, 0) is 6.42 Å². The lowest BCUT2D eigenvalue weighted by Crippen LogP contribution is -2.01. The van der Waals surface area contributed by atoms with Gasteiger partial charge in [0.15, 0.2) is 0 Å². The van der Waals surface area contributed by atoms with Crippen molar-refractivity contribution < 1.29 is 9.90 Å². The molecule has 0 fully saturated rings. The number of hydrogen-bond acceptors (Lipinski definition) is 2. The topological polar surface area (TPSA) is 50.2 Å². The first kappa shape index (κ1) is 15.5. The lowest BCUT2D eigenvalue weighted by atomic mass is 10.0. The smallest absolute Gasteiger partial charge is 0.336 e. The van der Waals surface area contributed by atoms with E-state index < -0.39 is 5.97 Å². The van der Waals surface area contributed by atoms with Crippen molar-refractivity contribution in [3.8, 4) is 11.3 Å². The number of carbonyl (C=O) groups is 1. The number of nitrogens with zero attached hydrogens (tertiary/aromatic N) is 1. The Bertz CT molecular complexity index is 901. The number of carboxylic acid groups (broad SMARTS) is 1. The van der Waals surface area contributed by atoms with Crippen LogP contribution in [0.4, 0.5) is 0 Å². The van der Waals surface area contributed by atoms with E-state index in [0.29, 0.717) is 21.6 Å². The van der Waals surface area contributed by atoms with E-state index in [9.17, 15) is 9.90 Å². The van der Waals surface area contributed by atoms with Gasteiger partial charge in [0.1, 0.15) is 0 Å². The maximum Gasteiger partial charge on any atom is 0.336 e. The third-order valence-corrected chi connectivity index (χ3v) is 4.20. The van der Waals surface area contributed by atoms with Gasteiger partial charge in [-0.2, -0.15) is 0 Å². The molecule has 0 amide bonds. The summed E-state index contributed by atoms with van der Waals surface area (Å²) in [6.45, 7) is 4.03. The molecular weight excluding hydrogens is 310 g/mol. The third-order valence-electron chi connectivity index (χ3n) is 3.91. The molecule has 0 aliphatic rings. The van der Waals surface area contributed by atoms with Gasteiger partial charge in [-0.25, -0.2) is 9.78 Å². The Morgan fingerprint density at radius 2 is 1.87 bits per heavy atom. The van der Waals surface area contributed by atoms with Crippen LogP contribution in [0.2, 0.25) is 5.02 Å². The molecule has 1 N–H and O–H groups in total. The molecule has 0 unspecified atom stereocenters. The zero-order valence-electron chi connectivity index (χ0n) is 12.9. The summed E-state index contributed by atoms with van der Waals surface area (Å²) in [5, 5.41) is 10.5. The van der Waals surface area contributed by atoms with Crippen molar-refractivity contribution in [1.29, 1.82) is 0 Å². The first-order valence-electron chi connectivity index (χ1n) is 7.43. The van der Waals surface area contributed by atoms with Gasteiger partial charge in [0, 0.05) is 10.9 Å². The molecule has 0 saturated carbocycles. The molecule has 0 radical (unpaired) electrons. The fraction of sp³-hybridized carbons (Fsp3) is 0.158. The van der Waals surface area contributed by atoms with Crippen molar-refractivity contribution in [2.45, 2.75) is 20.3 Å². The average Bonchev–Trinajstić information content (AvgIpc) is 2.54. The second kappa shape index (κ2) is 6.01. The van der Waals surface area contributed by atoms with Crippen molar-refractivity contribution in [3.63, 3.8) is 0 Å². The number of aryl methyl sites for hydroxylation is 2. The van der Waals surface area contributed by atoms with Crippen LogP contribution >= 0.6 is 11.6 Å². The van der Waals surface area contributed by atoms with Crippen LogP contribution in [-0.4, -0.2) is 16.1 Å². The lowest BCUT2D eigenvalue weighted by Gasteiger charge is -2.10. The molecule has 4 heteroatoms. The number of pyridine rings is 1. The number of rotatable bonds is 3. The van der Waals surface area contributed by atoms with Gasteiger partial charge in [-0.1, -0.05) is 48.4 Å². The molecule has 0 spiro atoms. The number of carboxylic acids is 1. The summed E-state index contributed by atoms with van der Waals surface area (Å²) >= 11 is 6.31. The van der Waals surface area contributed by atoms with Crippen LogP contribution < -0.4 is 0 Å². The molecule has 1 aromatic heterocycles. The number of benzene rings is 2. The van der Waals surface area contributed by atoms with Crippen LogP contribution in [0.25, 0.3) is 22.2 Å². The van der Waals surface area contributed by atoms with Crippen LogP contribution in [0.3, 0.4) is 0 Å². The highest BCUT2D eigenvalue weighted by molar-refractivity contribution is 6.36. The van der Waals surface area contributed by atoms with E-state index in [4.69, 9.17) is 11.6 Å². The van der Waals surface area contributed by atoms with Crippen molar-refractivity contribution in [2.75, 3.05) is 0 Å². The zero-order valence-corrected chi connectivity index (χ0v) is 13.7. The summed E-state index contributed by atoms with van der Waals surface area (Å²) in [6, 6.07) is 13.2. The summed E-state index contributed by atoms with van der Waals surface area (Å²) in [4.78, 5) is 16.3. The monoisotopic (exact) mass is 325 g/mol. The highest BCUT2D eigenvalue weighted by atomic mass is 35.5. The van der Waals surface area contributed by atoms with Crippen LogP contribution in [0.5, 0.6) is 0 Å². The lowest BCUT2D eigenvalue weighted by molar-refractivity contribution is 0.0699. The van der Waals surface area contributed by atoms with Crippen LogP contribution in [0.1, 0.15) is 28.4 Å². The number of hydrogen-bond donors (Lipinski definition) is 1. The third kappa shape index (κ3) is 2.92. The van der Waals surface area contributed by atoms with Crippen LogP contribution in [0, 0.1) is 6.92 Å². The molecule has 0 aliphatic heterocycles. The summed E-state index contributed by atoms with van der Waals surface area (Å²) in [5.74, 6) is -1.00. The number of fused-ring (bicyclic) bond motifs is 1. The Labute approximate surface area is 139 Å². The van der Waals surface area contributed by atoms with Gasteiger partial charge in [0.25, 0.3) is 0 Å². The molecular formula is C19H16ClNO2. The number of aromatic nitrogens is 1. The standard InChI is InChI=1S/C19H16ClNO2/c1-3-12-8-15(20)18-14(19(22)23)10-16(21-17(18)9-12)13-6-4-11(2)5-7-13/h4-10H,3H2,1-2H3,(H,22,23). The molecule has 3 nitrogen and oxygen atoms in total. The Morgan fingerprint density at radius 1 is 1.17 bits per heavy atom. The highest BCUT2D eigenvalue weighted by Gasteiger charge is 2.16. The predicted octanol–water partition coefficient (Wildman–Crippen LogP) is 5.12. The molecule has 0 bridgehead atoms. The minimum absolute atomic E-state index is 0.179. The zero-order chi connectivity index (χ0) is 16.6. The largest absolute Gasteiger partial charge is 0.478 e. The molecule has 0 aliphatic carbocycles. The molecule has 0 saturated heterocycles. The predicted molar refractivity (Wildman–Crippen MR) is 93.3 cm³/mol. The van der Waals surface area contributed by atoms with Crippen molar-refractivity contribution in [2.24, 2.45) is 0 Å². The molecule has 3 aromatic rings. The second-order valence-corrected chi connectivity index (χ2v) is 5.96. The van der Waals surface area contributed by atoms with E-state index in [0.717, 1.165) is 23.1 Å². The van der Waals surface area contributed by atoms with E-state index in [-0.39, 0.29) is 5.56 Å². The maximum atomic E-state index is 11.7. The fourth-order valence-electron chi connectivity index (χ4n) is 2.62. The van der Waals surface area contributed by atoms with Gasteiger partial charge in [-0.15, -0.1) is 0 Å². The molecule has 116 valence electrons. The summed E-state index contributed by atoms with van der Waals surface area (Å²) in [5.41, 5.74) is 4.50. The molecule has 0 atom stereocenters. The minimum Gasteiger partial charge on any atom is -0.478 e. The van der Waals surface area contributed by atoms with Gasteiger partial charge in [-0.05, 0) is 37.1 Å². The number of halogens is 1. The Balaban J connectivity index is 2.32. The first-order valence-corrected chi connectivity index (χ1v) is 7.81. The second-order valence-electron chi connectivity index (χ2n) is 5.55. The maximum absolute atomic E-state index is 11.7. The molecule has 2 aromatic carbocycles. The van der Waals surface area contributed by atoms with Gasteiger partial charge in [-0.3, -0.25) is 0 Å². The van der Waals surface area contributed by atoms with Crippen LogP contribution in [0.15, 0.2) is 42.5 Å². The Morgan fingerprint density at radius 3 is 2.48 bits per heavy atom. The van der Waals surface area contributed by atoms with Gasteiger partial charge >= 0.3 is 5.97 Å². The molecule has 3 rings (SSSR count). The van der Waals surface area contributed by atoms with Gasteiger partial charge < -0.3 is 5.11 Å². The van der Waals surface area contributed by atoms with E-state index >= 15 is 0 Å². The van der Waals surface area contributed by atoms with Crippen molar-refractivity contribution in [1.82, 2.24) is 4.98 Å². The molecule has 1 heterocycles. The van der Waals surface area contributed by atoms with E-state index in [1.54, 1.807) is 6.07 Å². The van der Waals surface area contributed by atoms with E-state index in [1.807, 2.05) is 50.2 Å². The van der Waals surface area contributed by atoms with Gasteiger partial charge in [0.2, 0.25) is 0 Å². The summed E-state index contributed by atoms with van der Waals surface area (Å²) in [7, 11) is 0. The van der Waals surface area contributed by atoms with E-state index in [2.05, 4.69) is 4.98 Å². The van der Waals surface area contributed by atoms with Crippen molar-refractivity contribution in [3.05, 3.63) is 64.2 Å². The minimum atomic E-state index is -1.00. The summed E-state index contributed by atoms with van der Waals surface area (Å²) < 4.78 is 0. The normalized spacial score (nSPS) is 10.9. The first-order chi connectivity index (χ1) is 11.0. The summed E-state index contributed by atoms with van der Waals surface area (Å²) in [6.07, 6.45) is 0.814. The van der Waals surface area contributed by atoms with Crippen molar-refractivity contribution >= 4 is 28.5 Å². The number of aromatic carboxylic acids is 1. The average molecular weight is 326 g/mol. The Hall–Kier alpha value is -2.39.